The summed E-state index contributed by atoms with van der Waals surface area (Å²) in [5.41, 5.74) is 0.00569. The molecule has 0 unspecified atom stereocenters. The molecule has 0 saturated heterocycles. The predicted molar refractivity (Wildman–Crippen MR) is 65.4 cm³/mol. The molecule has 0 aliphatic rings. The highest BCUT2D eigenvalue weighted by Crippen LogP contribution is 2.26. The number of benzene rings is 1. The van der Waals surface area contributed by atoms with E-state index in [9.17, 15) is 14.9 Å². The van der Waals surface area contributed by atoms with E-state index in [1.54, 1.807) is 13.0 Å². The fourth-order valence-electron chi connectivity index (χ4n) is 1.37. The lowest BCUT2D eigenvalue weighted by atomic mass is 10.1. The van der Waals surface area contributed by atoms with E-state index < -0.39 is 10.9 Å². The van der Waals surface area contributed by atoms with Gasteiger partial charge >= 0.3 is 5.97 Å². The van der Waals surface area contributed by atoms with Gasteiger partial charge in [-0.3, -0.25) is 14.9 Å². The summed E-state index contributed by atoms with van der Waals surface area (Å²) in [5, 5.41) is 19.5. The number of nitro benzene ring substituents is 1. The number of nitriles is 1. The Morgan fingerprint density at radius 3 is 2.78 bits per heavy atom. The lowest BCUT2D eigenvalue weighted by Crippen LogP contribution is -2.08. The number of hydrogen-bond donors (Lipinski definition) is 1. The molecule has 7 heteroatoms. The molecule has 18 heavy (non-hydrogen) atoms. The van der Waals surface area contributed by atoms with E-state index in [2.05, 4.69) is 12.6 Å². The van der Waals surface area contributed by atoms with Crippen molar-refractivity contribution < 1.29 is 14.5 Å². The zero-order chi connectivity index (χ0) is 13.7. The van der Waals surface area contributed by atoms with Crippen molar-refractivity contribution in [3.8, 4) is 6.07 Å². The molecule has 0 heterocycles. The van der Waals surface area contributed by atoms with Gasteiger partial charge in [-0.2, -0.15) is 5.26 Å². The van der Waals surface area contributed by atoms with Crippen LogP contribution in [0.15, 0.2) is 17.0 Å². The van der Waals surface area contributed by atoms with Crippen molar-refractivity contribution in [2.45, 2.75) is 18.2 Å². The van der Waals surface area contributed by atoms with Crippen molar-refractivity contribution in [1.82, 2.24) is 0 Å². The van der Waals surface area contributed by atoms with Gasteiger partial charge in [0.05, 0.1) is 18.0 Å². The van der Waals surface area contributed by atoms with E-state index in [1.165, 1.54) is 6.07 Å². The van der Waals surface area contributed by atoms with Gasteiger partial charge in [0.25, 0.3) is 5.69 Å². The van der Waals surface area contributed by atoms with Crippen LogP contribution < -0.4 is 0 Å². The number of thiol groups is 1. The molecule has 0 amide bonds. The number of rotatable bonds is 4. The molecule has 1 aromatic carbocycles. The van der Waals surface area contributed by atoms with Gasteiger partial charge in [0.2, 0.25) is 0 Å². The quantitative estimate of drug-likeness (QED) is 0.388. The number of carbonyl (C=O) groups is 1. The Bertz CT molecular complexity index is 537. The third-order valence-electron chi connectivity index (χ3n) is 2.15. The SMILES string of the molecule is CCOC(=O)Cc1cc(C#N)c([N+](=O)[O-])cc1S. The van der Waals surface area contributed by atoms with Crippen molar-refractivity contribution in [3.63, 3.8) is 0 Å². The van der Waals surface area contributed by atoms with E-state index in [1.807, 2.05) is 0 Å². The van der Waals surface area contributed by atoms with E-state index in [4.69, 9.17) is 10.00 Å². The molecule has 0 bridgehead atoms. The summed E-state index contributed by atoms with van der Waals surface area (Å²) < 4.78 is 4.76. The number of carbonyl (C=O) groups excluding carboxylic acids is 1. The van der Waals surface area contributed by atoms with Gasteiger partial charge in [0.1, 0.15) is 11.6 Å². The van der Waals surface area contributed by atoms with Crippen LogP contribution >= 0.6 is 12.6 Å². The van der Waals surface area contributed by atoms with E-state index >= 15 is 0 Å². The van der Waals surface area contributed by atoms with Crippen molar-refractivity contribution in [2.75, 3.05) is 6.61 Å². The molecule has 0 radical (unpaired) electrons. The molecule has 0 N–H and O–H groups in total. The Hall–Kier alpha value is -2.07. The Morgan fingerprint density at radius 2 is 2.28 bits per heavy atom. The average molecular weight is 266 g/mol. The van der Waals surface area contributed by atoms with Crippen molar-refractivity contribution in [1.29, 1.82) is 5.26 Å². The molecular formula is C11H10N2O4S. The van der Waals surface area contributed by atoms with Crippen molar-refractivity contribution in [2.24, 2.45) is 0 Å². The largest absolute Gasteiger partial charge is 0.466 e. The molecular weight excluding hydrogens is 256 g/mol. The van der Waals surface area contributed by atoms with E-state index in [0.29, 0.717) is 5.56 Å². The maximum absolute atomic E-state index is 11.3. The van der Waals surface area contributed by atoms with Crippen molar-refractivity contribution >= 4 is 24.3 Å². The average Bonchev–Trinajstić information content (AvgIpc) is 2.31. The highest BCUT2D eigenvalue weighted by molar-refractivity contribution is 7.80. The monoisotopic (exact) mass is 266 g/mol. The molecule has 94 valence electrons. The maximum Gasteiger partial charge on any atom is 0.310 e. The van der Waals surface area contributed by atoms with E-state index in [0.717, 1.165) is 6.07 Å². The molecule has 6 nitrogen and oxygen atoms in total. The van der Waals surface area contributed by atoms with Gasteiger partial charge < -0.3 is 4.74 Å². The van der Waals surface area contributed by atoms with Crippen LogP contribution in [0.4, 0.5) is 5.69 Å². The molecule has 0 spiro atoms. The van der Waals surface area contributed by atoms with Crippen LogP contribution in [-0.4, -0.2) is 17.5 Å². The zero-order valence-corrected chi connectivity index (χ0v) is 10.4. The Balaban J connectivity index is 3.13. The van der Waals surface area contributed by atoms with Crippen molar-refractivity contribution in [3.05, 3.63) is 33.4 Å². The Kier molecular flexibility index (Phi) is 4.68. The number of nitro groups is 1. The van der Waals surface area contributed by atoms with Gasteiger partial charge in [-0.25, -0.2) is 0 Å². The number of hydrogen-bond acceptors (Lipinski definition) is 6. The summed E-state index contributed by atoms with van der Waals surface area (Å²) in [6.07, 6.45) is -0.0701. The highest BCUT2D eigenvalue weighted by atomic mass is 32.1. The Labute approximate surface area is 109 Å². The minimum Gasteiger partial charge on any atom is -0.466 e. The van der Waals surface area contributed by atoms with Crippen LogP contribution in [-0.2, 0) is 16.0 Å². The minimum absolute atomic E-state index is 0.0701. The fraction of sp³-hybridized carbons (Fsp3) is 0.273. The third kappa shape index (κ3) is 3.21. The maximum atomic E-state index is 11.3. The topological polar surface area (TPSA) is 93.2 Å². The van der Waals surface area contributed by atoms with Crippen LogP contribution in [0.25, 0.3) is 0 Å². The smallest absolute Gasteiger partial charge is 0.310 e. The first-order valence-corrected chi connectivity index (χ1v) is 5.50. The standard InChI is InChI=1S/C11H10N2O4S/c1-2-17-11(14)4-7-3-8(6-12)9(13(15)16)5-10(7)18/h3,5,18H,2,4H2,1H3. The summed E-state index contributed by atoms with van der Waals surface area (Å²) in [6, 6.07) is 4.17. The number of nitrogens with zero attached hydrogens (tertiary/aromatic N) is 2. The van der Waals surface area contributed by atoms with Gasteiger partial charge in [-0.05, 0) is 18.6 Å². The number of esters is 1. The van der Waals surface area contributed by atoms with Gasteiger partial charge in [-0.15, -0.1) is 12.6 Å². The normalized spacial score (nSPS) is 9.61. The second-order valence-electron chi connectivity index (χ2n) is 3.35. The van der Waals surface area contributed by atoms with Crippen LogP contribution in [0.1, 0.15) is 18.1 Å². The molecule has 1 aromatic rings. The first-order chi connectivity index (χ1) is 8.49. The molecule has 0 aliphatic carbocycles. The van der Waals surface area contributed by atoms with Crippen LogP contribution in [0.5, 0.6) is 0 Å². The van der Waals surface area contributed by atoms with Gasteiger partial charge in [0, 0.05) is 11.0 Å². The van der Waals surface area contributed by atoms with Crippen LogP contribution in [0.3, 0.4) is 0 Å². The zero-order valence-electron chi connectivity index (χ0n) is 9.54. The number of ether oxygens (including phenoxy) is 1. The lowest BCUT2D eigenvalue weighted by Gasteiger charge is -2.06. The van der Waals surface area contributed by atoms with Gasteiger partial charge in [-0.1, -0.05) is 0 Å². The van der Waals surface area contributed by atoms with Crippen LogP contribution in [0.2, 0.25) is 0 Å². The summed E-state index contributed by atoms with van der Waals surface area (Å²) in [4.78, 5) is 21.6. The molecule has 1 rings (SSSR count). The first-order valence-electron chi connectivity index (χ1n) is 5.05. The second-order valence-corrected chi connectivity index (χ2v) is 3.83. The molecule has 0 aromatic heterocycles. The third-order valence-corrected chi connectivity index (χ3v) is 2.57. The summed E-state index contributed by atoms with van der Waals surface area (Å²) in [6.45, 7) is 1.93. The summed E-state index contributed by atoms with van der Waals surface area (Å²) in [7, 11) is 0. The summed E-state index contributed by atoms with van der Waals surface area (Å²) in [5.74, 6) is -0.467. The predicted octanol–water partition coefficient (Wildman–Crippen LogP) is 1.86. The fourth-order valence-corrected chi connectivity index (χ4v) is 1.64. The highest BCUT2D eigenvalue weighted by Gasteiger charge is 2.18. The first kappa shape index (κ1) is 14.0. The van der Waals surface area contributed by atoms with Gasteiger partial charge in [0.15, 0.2) is 0 Å². The summed E-state index contributed by atoms with van der Waals surface area (Å²) >= 11 is 4.07. The van der Waals surface area contributed by atoms with Crippen LogP contribution in [0, 0.1) is 21.4 Å². The molecule has 0 aliphatic heterocycles. The second kappa shape index (κ2) is 6.02. The molecule has 0 fully saturated rings. The van der Waals surface area contributed by atoms with E-state index in [-0.39, 0.29) is 29.2 Å². The molecule has 0 atom stereocenters. The Morgan fingerprint density at radius 1 is 1.61 bits per heavy atom. The molecule has 0 saturated carbocycles. The minimum atomic E-state index is -0.660. The lowest BCUT2D eigenvalue weighted by molar-refractivity contribution is -0.385.